The quantitative estimate of drug-likeness (QED) is 0.603. The van der Waals surface area contributed by atoms with Crippen molar-refractivity contribution in [3.63, 3.8) is 0 Å². The Hall–Kier alpha value is -0.120. The standard InChI is InChI=1S/C11H23NO2/c1-3-14-11-8-10(9-11)4-5-12-6-7-13-2/h10-12H,3-9H2,1-2H3. The van der Waals surface area contributed by atoms with Crippen molar-refractivity contribution in [3.8, 4) is 0 Å². The zero-order chi connectivity index (χ0) is 10.2. The molecule has 84 valence electrons. The van der Waals surface area contributed by atoms with Gasteiger partial charge in [-0.15, -0.1) is 0 Å². The van der Waals surface area contributed by atoms with E-state index in [0.717, 1.165) is 32.2 Å². The van der Waals surface area contributed by atoms with Gasteiger partial charge in [0.25, 0.3) is 0 Å². The predicted octanol–water partition coefficient (Wildman–Crippen LogP) is 1.43. The summed E-state index contributed by atoms with van der Waals surface area (Å²) in [6.07, 6.45) is 4.37. The molecule has 3 heteroatoms. The van der Waals surface area contributed by atoms with Crippen LogP contribution in [0.5, 0.6) is 0 Å². The van der Waals surface area contributed by atoms with Crippen molar-refractivity contribution in [1.82, 2.24) is 5.32 Å². The van der Waals surface area contributed by atoms with E-state index in [-0.39, 0.29) is 0 Å². The van der Waals surface area contributed by atoms with Gasteiger partial charge < -0.3 is 14.8 Å². The normalized spacial score (nSPS) is 26.1. The highest BCUT2D eigenvalue weighted by atomic mass is 16.5. The second-order valence-corrected chi connectivity index (χ2v) is 3.95. The zero-order valence-corrected chi connectivity index (χ0v) is 9.42. The third kappa shape index (κ3) is 4.40. The average molecular weight is 201 g/mol. The summed E-state index contributed by atoms with van der Waals surface area (Å²) >= 11 is 0. The van der Waals surface area contributed by atoms with E-state index in [1.54, 1.807) is 7.11 Å². The van der Waals surface area contributed by atoms with Crippen LogP contribution in [0, 0.1) is 5.92 Å². The maximum absolute atomic E-state index is 5.51. The fraction of sp³-hybridized carbons (Fsp3) is 1.00. The van der Waals surface area contributed by atoms with Crippen LogP contribution in [0.2, 0.25) is 0 Å². The third-order valence-corrected chi connectivity index (χ3v) is 2.81. The molecule has 0 atom stereocenters. The Morgan fingerprint density at radius 2 is 2.07 bits per heavy atom. The molecule has 0 unspecified atom stereocenters. The molecule has 14 heavy (non-hydrogen) atoms. The molecule has 1 saturated carbocycles. The topological polar surface area (TPSA) is 30.5 Å². The number of hydrogen-bond donors (Lipinski definition) is 1. The summed E-state index contributed by atoms with van der Waals surface area (Å²) in [4.78, 5) is 0. The maximum Gasteiger partial charge on any atom is 0.0587 e. The van der Waals surface area contributed by atoms with Crippen LogP contribution >= 0.6 is 0 Å². The molecule has 1 N–H and O–H groups in total. The Kier molecular flexibility index (Phi) is 6.15. The Balaban J connectivity index is 1.81. The molecule has 3 nitrogen and oxygen atoms in total. The molecule has 1 aliphatic rings. The fourth-order valence-corrected chi connectivity index (χ4v) is 1.89. The highest BCUT2D eigenvalue weighted by Gasteiger charge is 2.28. The minimum Gasteiger partial charge on any atom is -0.383 e. The van der Waals surface area contributed by atoms with Gasteiger partial charge in [0.1, 0.15) is 0 Å². The monoisotopic (exact) mass is 201 g/mol. The first-order valence-electron chi connectivity index (χ1n) is 5.68. The summed E-state index contributed by atoms with van der Waals surface area (Å²) < 4.78 is 10.5. The van der Waals surface area contributed by atoms with Crippen molar-refractivity contribution in [3.05, 3.63) is 0 Å². The van der Waals surface area contributed by atoms with E-state index in [2.05, 4.69) is 12.2 Å². The summed E-state index contributed by atoms with van der Waals surface area (Å²) in [6.45, 7) is 5.83. The Bertz CT molecular complexity index is 135. The molecular weight excluding hydrogens is 178 g/mol. The molecule has 1 rings (SSSR count). The second-order valence-electron chi connectivity index (χ2n) is 3.95. The zero-order valence-electron chi connectivity index (χ0n) is 9.42. The molecular formula is C11H23NO2. The van der Waals surface area contributed by atoms with E-state index in [1.807, 2.05) is 0 Å². The van der Waals surface area contributed by atoms with E-state index in [4.69, 9.17) is 9.47 Å². The van der Waals surface area contributed by atoms with Gasteiger partial charge in [0.05, 0.1) is 12.7 Å². The molecule has 0 heterocycles. The van der Waals surface area contributed by atoms with Crippen molar-refractivity contribution >= 4 is 0 Å². The van der Waals surface area contributed by atoms with Gasteiger partial charge in [-0.05, 0) is 38.6 Å². The lowest BCUT2D eigenvalue weighted by molar-refractivity contribution is -0.0263. The molecule has 0 radical (unpaired) electrons. The lowest BCUT2D eigenvalue weighted by Gasteiger charge is -2.35. The first-order chi connectivity index (χ1) is 6.86. The first-order valence-corrected chi connectivity index (χ1v) is 5.68. The van der Waals surface area contributed by atoms with Crippen LogP contribution in [0.1, 0.15) is 26.2 Å². The molecule has 0 aromatic heterocycles. The van der Waals surface area contributed by atoms with Gasteiger partial charge >= 0.3 is 0 Å². The lowest BCUT2D eigenvalue weighted by atomic mass is 9.80. The van der Waals surface area contributed by atoms with Crippen LogP contribution in [0.3, 0.4) is 0 Å². The fourth-order valence-electron chi connectivity index (χ4n) is 1.89. The van der Waals surface area contributed by atoms with Gasteiger partial charge in [0, 0.05) is 20.3 Å². The molecule has 0 bridgehead atoms. The highest BCUT2D eigenvalue weighted by Crippen LogP contribution is 2.32. The second kappa shape index (κ2) is 7.21. The number of rotatable bonds is 8. The van der Waals surface area contributed by atoms with Crippen molar-refractivity contribution in [2.75, 3.05) is 33.4 Å². The Morgan fingerprint density at radius 1 is 1.29 bits per heavy atom. The van der Waals surface area contributed by atoms with E-state index in [9.17, 15) is 0 Å². The summed E-state index contributed by atoms with van der Waals surface area (Å²) in [7, 11) is 1.74. The van der Waals surface area contributed by atoms with E-state index in [0.29, 0.717) is 6.10 Å². The van der Waals surface area contributed by atoms with Crippen molar-refractivity contribution < 1.29 is 9.47 Å². The number of nitrogens with one attached hydrogen (secondary N) is 1. The van der Waals surface area contributed by atoms with Gasteiger partial charge in [0.15, 0.2) is 0 Å². The van der Waals surface area contributed by atoms with Crippen molar-refractivity contribution in [2.45, 2.75) is 32.3 Å². The molecule has 0 aromatic rings. The van der Waals surface area contributed by atoms with Crippen molar-refractivity contribution in [1.29, 1.82) is 0 Å². The minimum atomic E-state index is 0.559. The van der Waals surface area contributed by atoms with Gasteiger partial charge in [-0.2, -0.15) is 0 Å². The molecule has 0 aromatic carbocycles. The van der Waals surface area contributed by atoms with Crippen LogP contribution in [0.4, 0.5) is 0 Å². The molecule has 0 aliphatic heterocycles. The van der Waals surface area contributed by atoms with E-state index in [1.165, 1.54) is 19.3 Å². The molecule has 1 aliphatic carbocycles. The number of ether oxygens (including phenoxy) is 2. The van der Waals surface area contributed by atoms with Gasteiger partial charge in [-0.3, -0.25) is 0 Å². The summed E-state index contributed by atoms with van der Waals surface area (Å²) in [5.41, 5.74) is 0. The molecule has 1 fully saturated rings. The Morgan fingerprint density at radius 3 is 2.71 bits per heavy atom. The number of hydrogen-bond acceptors (Lipinski definition) is 3. The van der Waals surface area contributed by atoms with Crippen molar-refractivity contribution in [2.24, 2.45) is 5.92 Å². The SMILES string of the molecule is CCOC1CC(CCNCCOC)C1. The third-order valence-electron chi connectivity index (χ3n) is 2.81. The lowest BCUT2D eigenvalue weighted by Crippen LogP contribution is -2.33. The maximum atomic E-state index is 5.51. The highest BCUT2D eigenvalue weighted by molar-refractivity contribution is 4.80. The van der Waals surface area contributed by atoms with Crippen LogP contribution in [0.25, 0.3) is 0 Å². The summed E-state index contributed by atoms with van der Waals surface area (Å²) in [5, 5.41) is 3.37. The van der Waals surface area contributed by atoms with Crippen LogP contribution < -0.4 is 5.32 Å². The van der Waals surface area contributed by atoms with E-state index < -0.39 is 0 Å². The van der Waals surface area contributed by atoms with Gasteiger partial charge in [0.2, 0.25) is 0 Å². The number of methoxy groups -OCH3 is 1. The van der Waals surface area contributed by atoms with Gasteiger partial charge in [-0.1, -0.05) is 0 Å². The minimum absolute atomic E-state index is 0.559. The van der Waals surface area contributed by atoms with E-state index >= 15 is 0 Å². The van der Waals surface area contributed by atoms with Crippen LogP contribution in [-0.4, -0.2) is 39.5 Å². The smallest absolute Gasteiger partial charge is 0.0587 e. The summed E-state index contributed by atoms with van der Waals surface area (Å²) in [6, 6.07) is 0. The molecule has 0 amide bonds. The largest absolute Gasteiger partial charge is 0.383 e. The predicted molar refractivity (Wildman–Crippen MR) is 57.5 cm³/mol. The Labute approximate surface area is 87.2 Å². The van der Waals surface area contributed by atoms with Crippen LogP contribution in [-0.2, 0) is 9.47 Å². The average Bonchev–Trinajstić information content (AvgIpc) is 2.13. The van der Waals surface area contributed by atoms with Gasteiger partial charge in [-0.25, -0.2) is 0 Å². The molecule has 0 saturated heterocycles. The first kappa shape index (κ1) is 12.0. The summed E-state index contributed by atoms with van der Waals surface area (Å²) in [5.74, 6) is 0.890. The molecule has 0 spiro atoms. The van der Waals surface area contributed by atoms with Crippen LogP contribution in [0.15, 0.2) is 0 Å².